The van der Waals surface area contributed by atoms with E-state index < -0.39 is 12.0 Å². The maximum absolute atomic E-state index is 10.4. The van der Waals surface area contributed by atoms with Crippen LogP contribution in [0.5, 0.6) is 0 Å². The Bertz CT molecular complexity index is 128. The van der Waals surface area contributed by atoms with E-state index in [9.17, 15) is 4.79 Å². The molecule has 4 nitrogen and oxygen atoms in total. The molecule has 0 radical (unpaired) electrons. The SMILES string of the molecule is CC(C(=O)O)N(C)CCCN. The summed E-state index contributed by atoms with van der Waals surface area (Å²) in [4.78, 5) is 12.2. The number of carbonyl (C=O) groups is 1. The summed E-state index contributed by atoms with van der Waals surface area (Å²) in [5.41, 5.74) is 5.28. The Morgan fingerprint density at radius 2 is 2.27 bits per heavy atom. The first-order valence-corrected chi connectivity index (χ1v) is 3.72. The third kappa shape index (κ3) is 3.95. The molecule has 0 aliphatic carbocycles. The van der Waals surface area contributed by atoms with Crippen LogP contribution in [0, 0.1) is 0 Å². The molecule has 0 rings (SSSR count). The highest BCUT2D eigenvalue weighted by molar-refractivity contribution is 5.72. The normalized spacial score (nSPS) is 13.5. The summed E-state index contributed by atoms with van der Waals surface area (Å²) >= 11 is 0. The second-order valence-electron chi connectivity index (χ2n) is 2.64. The summed E-state index contributed by atoms with van der Waals surface area (Å²) in [6.45, 7) is 3.01. The van der Waals surface area contributed by atoms with Gasteiger partial charge in [0.1, 0.15) is 6.04 Å². The molecule has 1 atom stereocenters. The first-order valence-electron chi connectivity index (χ1n) is 3.72. The number of carboxylic acids is 1. The third-order valence-corrected chi connectivity index (χ3v) is 1.73. The molecule has 3 N–H and O–H groups in total. The number of rotatable bonds is 5. The van der Waals surface area contributed by atoms with Crippen molar-refractivity contribution >= 4 is 5.97 Å². The number of nitrogens with zero attached hydrogens (tertiary/aromatic N) is 1. The van der Waals surface area contributed by atoms with E-state index in [1.165, 1.54) is 0 Å². The van der Waals surface area contributed by atoms with Gasteiger partial charge in [0.2, 0.25) is 0 Å². The maximum atomic E-state index is 10.4. The van der Waals surface area contributed by atoms with Gasteiger partial charge in [0.05, 0.1) is 0 Å². The summed E-state index contributed by atoms with van der Waals surface area (Å²) in [6.07, 6.45) is 0.841. The van der Waals surface area contributed by atoms with Gasteiger partial charge in [-0.2, -0.15) is 0 Å². The topological polar surface area (TPSA) is 66.6 Å². The van der Waals surface area contributed by atoms with E-state index in [2.05, 4.69) is 0 Å². The van der Waals surface area contributed by atoms with Gasteiger partial charge in [-0.1, -0.05) is 0 Å². The lowest BCUT2D eigenvalue weighted by Crippen LogP contribution is -2.36. The highest BCUT2D eigenvalue weighted by Gasteiger charge is 2.15. The van der Waals surface area contributed by atoms with Crippen LogP contribution in [0.2, 0.25) is 0 Å². The highest BCUT2D eigenvalue weighted by Crippen LogP contribution is 1.95. The minimum atomic E-state index is -0.787. The largest absolute Gasteiger partial charge is 0.480 e. The van der Waals surface area contributed by atoms with Crippen molar-refractivity contribution in [3.05, 3.63) is 0 Å². The number of hydrogen-bond donors (Lipinski definition) is 2. The van der Waals surface area contributed by atoms with Gasteiger partial charge in [0.15, 0.2) is 0 Å². The Morgan fingerprint density at radius 1 is 1.73 bits per heavy atom. The fourth-order valence-electron chi connectivity index (χ4n) is 0.723. The Labute approximate surface area is 67.0 Å². The summed E-state index contributed by atoms with van der Waals surface area (Å²) in [6, 6.07) is -0.415. The number of carboxylic acid groups (broad SMARTS) is 1. The van der Waals surface area contributed by atoms with Crippen molar-refractivity contribution in [1.82, 2.24) is 4.90 Å². The molecule has 0 saturated carbocycles. The van der Waals surface area contributed by atoms with Crippen molar-refractivity contribution in [2.75, 3.05) is 20.1 Å². The number of likely N-dealkylation sites (N-methyl/N-ethyl adjacent to an activating group) is 1. The minimum Gasteiger partial charge on any atom is -0.480 e. The molecule has 0 saturated heterocycles. The van der Waals surface area contributed by atoms with Crippen LogP contribution in [0.3, 0.4) is 0 Å². The average molecular weight is 160 g/mol. The first-order chi connectivity index (χ1) is 5.09. The molecule has 4 heteroatoms. The smallest absolute Gasteiger partial charge is 0.320 e. The second-order valence-corrected chi connectivity index (χ2v) is 2.64. The van der Waals surface area contributed by atoms with E-state index in [4.69, 9.17) is 10.8 Å². The zero-order chi connectivity index (χ0) is 8.85. The summed E-state index contributed by atoms with van der Waals surface area (Å²) < 4.78 is 0. The van der Waals surface area contributed by atoms with E-state index >= 15 is 0 Å². The van der Waals surface area contributed by atoms with Gasteiger partial charge < -0.3 is 10.8 Å². The lowest BCUT2D eigenvalue weighted by Gasteiger charge is -2.20. The number of nitrogens with two attached hydrogens (primary N) is 1. The monoisotopic (exact) mass is 160 g/mol. The third-order valence-electron chi connectivity index (χ3n) is 1.73. The fourth-order valence-corrected chi connectivity index (χ4v) is 0.723. The highest BCUT2D eigenvalue weighted by atomic mass is 16.4. The van der Waals surface area contributed by atoms with Crippen LogP contribution in [-0.4, -0.2) is 42.2 Å². The molecule has 0 aromatic rings. The van der Waals surface area contributed by atoms with Gasteiger partial charge in [0, 0.05) is 0 Å². The average Bonchev–Trinajstić information content (AvgIpc) is 1.98. The van der Waals surface area contributed by atoms with Crippen molar-refractivity contribution in [3.8, 4) is 0 Å². The second kappa shape index (κ2) is 5.09. The number of aliphatic carboxylic acids is 1. The van der Waals surface area contributed by atoms with E-state index in [0.29, 0.717) is 6.54 Å². The first kappa shape index (κ1) is 10.4. The molecule has 0 amide bonds. The van der Waals surface area contributed by atoms with Crippen LogP contribution in [0.4, 0.5) is 0 Å². The molecule has 1 unspecified atom stereocenters. The molecule has 66 valence electrons. The van der Waals surface area contributed by atoms with Crippen LogP contribution in [-0.2, 0) is 4.79 Å². The number of hydrogen-bond acceptors (Lipinski definition) is 3. The standard InChI is InChI=1S/C7H16N2O2/c1-6(7(10)11)9(2)5-3-4-8/h6H,3-5,8H2,1-2H3,(H,10,11). The summed E-state index contributed by atoms with van der Waals surface area (Å²) in [5.74, 6) is -0.787. The van der Waals surface area contributed by atoms with E-state index in [0.717, 1.165) is 13.0 Å². The molecule has 0 aromatic carbocycles. The zero-order valence-electron chi connectivity index (χ0n) is 7.08. The summed E-state index contributed by atoms with van der Waals surface area (Å²) in [5, 5.41) is 8.58. The molecule has 0 bridgehead atoms. The van der Waals surface area contributed by atoms with Crippen LogP contribution >= 0.6 is 0 Å². The van der Waals surface area contributed by atoms with Gasteiger partial charge in [-0.3, -0.25) is 9.69 Å². The Kier molecular flexibility index (Phi) is 4.81. The van der Waals surface area contributed by atoms with Crippen molar-refractivity contribution < 1.29 is 9.90 Å². The quantitative estimate of drug-likeness (QED) is 0.581. The summed E-state index contributed by atoms with van der Waals surface area (Å²) in [7, 11) is 1.79. The van der Waals surface area contributed by atoms with E-state index in [-0.39, 0.29) is 0 Å². The predicted molar refractivity (Wildman–Crippen MR) is 43.4 cm³/mol. The lowest BCUT2D eigenvalue weighted by atomic mass is 10.3. The van der Waals surface area contributed by atoms with Crippen LogP contribution in [0.25, 0.3) is 0 Å². The van der Waals surface area contributed by atoms with Crippen LogP contribution < -0.4 is 5.73 Å². The van der Waals surface area contributed by atoms with Gasteiger partial charge >= 0.3 is 5.97 Å². The van der Waals surface area contributed by atoms with Gasteiger partial charge in [-0.25, -0.2) is 0 Å². The Balaban J connectivity index is 3.63. The Hall–Kier alpha value is -0.610. The molecule has 0 spiro atoms. The Morgan fingerprint density at radius 3 is 2.64 bits per heavy atom. The van der Waals surface area contributed by atoms with Crippen molar-refractivity contribution in [2.45, 2.75) is 19.4 Å². The molecule has 11 heavy (non-hydrogen) atoms. The van der Waals surface area contributed by atoms with Crippen molar-refractivity contribution in [2.24, 2.45) is 5.73 Å². The molecule has 0 aliphatic heterocycles. The van der Waals surface area contributed by atoms with Crippen LogP contribution in [0.15, 0.2) is 0 Å². The van der Waals surface area contributed by atoms with Gasteiger partial charge in [-0.15, -0.1) is 0 Å². The molecule has 0 heterocycles. The van der Waals surface area contributed by atoms with E-state index in [1.807, 2.05) is 0 Å². The lowest BCUT2D eigenvalue weighted by molar-refractivity contribution is -0.142. The van der Waals surface area contributed by atoms with Crippen molar-refractivity contribution in [3.63, 3.8) is 0 Å². The zero-order valence-corrected chi connectivity index (χ0v) is 7.08. The van der Waals surface area contributed by atoms with E-state index in [1.54, 1.807) is 18.9 Å². The molecular formula is C7H16N2O2. The molecule has 0 fully saturated rings. The van der Waals surface area contributed by atoms with Gasteiger partial charge in [0.25, 0.3) is 0 Å². The fraction of sp³-hybridized carbons (Fsp3) is 0.857. The van der Waals surface area contributed by atoms with Gasteiger partial charge in [-0.05, 0) is 33.5 Å². The van der Waals surface area contributed by atoms with Crippen molar-refractivity contribution in [1.29, 1.82) is 0 Å². The maximum Gasteiger partial charge on any atom is 0.320 e. The molecular weight excluding hydrogens is 144 g/mol. The predicted octanol–water partition coefficient (Wildman–Crippen LogP) is -0.260. The molecule has 0 aliphatic rings. The van der Waals surface area contributed by atoms with Crippen LogP contribution in [0.1, 0.15) is 13.3 Å². The minimum absolute atomic E-state index is 0.415. The molecule has 0 aromatic heterocycles.